The molecule has 0 atom stereocenters. The van der Waals surface area contributed by atoms with E-state index in [-0.39, 0.29) is 18.4 Å². The maximum Gasteiger partial charge on any atom is 0.261 e. The minimum Gasteiger partial charge on any atom is -0.368 e. The fourth-order valence-electron chi connectivity index (χ4n) is 2.92. The fourth-order valence-corrected chi connectivity index (χ4v) is 5.37. The van der Waals surface area contributed by atoms with E-state index in [1.54, 1.807) is 35.6 Å². The van der Waals surface area contributed by atoms with Crippen molar-refractivity contribution >= 4 is 59.9 Å². The Morgan fingerprint density at radius 2 is 1.62 bits per heavy atom. The van der Waals surface area contributed by atoms with Crippen LogP contribution in [0.5, 0.6) is 0 Å². The molecule has 4 rings (SSSR count). The molecule has 2 aromatic heterocycles. The summed E-state index contributed by atoms with van der Waals surface area (Å²) in [4.78, 5) is 35.8. The summed E-state index contributed by atoms with van der Waals surface area (Å²) in [6.07, 6.45) is 0. The highest BCUT2D eigenvalue weighted by Crippen LogP contribution is 2.39. The van der Waals surface area contributed by atoms with Crippen LogP contribution < -0.4 is 16.4 Å². The van der Waals surface area contributed by atoms with E-state index >= 15 is 0 Å². The number of nitrogens with two attached hydrogens (primary N) is 1. The van der Waals surface area contributed by atoms with Gasteiger partial charge < -0.3 is 16.4 Å². The minimum atomic E-state index is -0.598. The highest BCUT2D eigenvalue weighted by atomic mass is 32.1. The Morgan fingerprint density at radius 3 is 2.38 bits per heavy atom. The molecule has 4 aromatic rings. The van der Waals surface area contributed by atoms with Gasteiger partial charge in [-0.2, -0.15) is 0 Å². The summed E-state index contributed by atoms with van der Waals surface area (Å²) in [6, 6.07) is 16.9. The molecule has 29 heavy (non-hydrogen) atoms. The number of benzene rings is 2. The third kappa shape index (κ3) is 4.13. The van der Waals surface area contributed by atoms with E-state index in [2.05, 4.69) is 22.8 Å². The van der Waals surface area contributed by atoms with E-state index in [1.165, 1.54) is 21.4 Å². The normalized spacial score (nSPS) is 10.9. The summed E-state index contributed by atoms with van der Waals surface area (Å²) >= 11 is 3.19. The van der Waals surface area contributed by atoms with E-state index in [0.29, 0.717) is 17.0 Å². The van der Waals surface area contributed by atoms with Gasteiger partial charge in [-0.25, -0.2) is 0 Å². The molecule has 4 N–H and O–H groups in total. The Labute approximate surface area is 174 Å². The van der Waals surface area contributed by atoms with Crippen LogP contribution in [0.2, 0.25) is 0 Å². The highest BCUT2D eigenvalue weighted by Gasteiger charge is 2.14. The maximum absolute atomic E-state index is 12.5. The molecule has 8 heteroatoms. The first-order chi connectivity index (χ1) is 14.0. The lowest BCUT2D eigenvalue weighted by Gasteiger charge is -2.06. The van der Waals surface area contributed by atoms with Crippen molar-refractivity contribution in [3.8, 4) is 0 Å². The molecular formula is C21H17N3O3S2. The van der Waals surface area contributed by atoms with Crippen LogP contribution in [0.25, 0.3) is 19.5 Å². The molecule has 2 aromatic carbocycles. The van der Waals surface area contributed by atoms with Crippen LogP contribution in [0, 0.1) is 0 Å². The smallest absolute Gasteiger partial charge is 0.261 e. The highest BCUT2D eigenvalue weighted by molar-refractivity contribution is 7.33. The Morgan fingerprint density at radius 1 is 0.862 bits per heavy atom. The number of fused-ring (bicyclic) bond motifs is 3. The van der Waals surface area contributed by atoms with Crippen molar-refractivity contribution in [1.29, 1.82) is 0 Å². The molecule has 0 fully saturated rings. The number of hydrogen-bond donors (Lipinski definition) is 3. The monoisotopic (exact) mass is 423 g/mol. The van der Waals surface area contributed by atoms with Gasteiger partial charge in [0.1, 0.15) is 0 Å². The maximum atomic E-state index is 12.5. The summed E-state index contributed by atoms with van der Waals surface area (Å²) in [6.45, 7) is 0.151. The topological polar surface area (TPSA) is 101 Å². The summed E-state index contributed by atoms with van der Waals surface area (Å²) in [7, 11) is 0. The van der Waals surface area contributed by atoms with Crippen LogP contribution >= 0.6 is 22.7 Å². The SMILES string of the molecule is NC(=O)CNC(=O)c1ccc(CNC(=O)c2cc3sc4ccccc4c3s2)cc1. The molecule has 6 nitrogen and oxygen atoms in total. The summed E-state index contributed by atoms with van der Waals surface area (Å²) in [5.74, 6) is -1.09. The van der Waals surface area contributed by atoms with Gasteiger partial charge in [0.2, 0.25) is 5.91 Å². The van der Waals surface area contributed by atoms with E-state index in [1.807, 2.05) is 18.2 Å². The van der Waals surface area contributed by atoms with Gasteiger partial charge in [-0.3, -0.25) is 14.4 Å². The molecule has 0 aliphatic carbocycles. The second kappa shape index (κ2) is 8.02. The van der Waals surface area contributed by atoms with Crippen LogP contribution in [-0.2, 0) is 11.3 Å². The Balaban J connectivity index is 1.39. The predicted octanol–water partition coefficient (Wildman–Crippen LogP) is 3.26. The van der Waals surface area contributed by atoms with Gasteiger partial charge in [-0.05, 0) is 29.8 Å². The zero-order valence-corrected chi connectivity index (χ0v) is 16.9. The van der Waals surface area contributed by atoms with E-state index in [9.17, 15) is 14.4 Å². The largest absolute Gasteiger partial charge is 0.368 e. The van der Waals surface area contributed by atoms with Gasteiger partial charge in [0.15, 0.2) is 0 Å². The predicted molar refractivity (Wildman–Crippen MR) is 116 cm³/mol. The summed E-state index contributed by atoms with van der Waals surface area (Å²) in [5.41, 5.74) is 6.30. The number of amides is 3. The number of hydrogen-bond acceptors (Lipinski definition) is 5. The molecule has 0 radical (unpaired) electrons. The number of thiophene rings is 2. The van der Waals surface area contributed by atoms with Crippen molar-refractivity contribution in [2.45, 2.75) is 6.54 Å². The second-order valence-electron chi connectivity index (χ2n) is 6.43. The molecule has 0 spiro atoms. The van der Waals surface area contributed by atoms with Crippen LogP contribution in [-0.4, -0.2) is 24.3 Å². The van der Waals surface area contributed by atoms with Crippen molar-refractivity contribution < 1.29 is 14.4 Å². The van der Waals surface area contributed by atoms with Crippen molar-refractivity contribution in [2.75, 3.05) is 6.54 Å². The number of carbonyl (C=O) groups excluding carboxylic acids is 3. The molecule has 0 bridgehead atoms. The lowest BCUT2D eigenvalue weighted by molar-refractivity contribution is -0.117. The fraction of sp³-hybridized carbons (Fsp3) is 0.0952. The Hall–Kier alpha value is -3.23. The van der Waals surface area contributed by atoms with E-state index in [4.69, 9.17) is 5.73 Å². The molecular weight excluding hydrogens is 406 g/mol. The van der Waals surface area contributed by atoms with Crippen molar-refractivity contribution in [1.82, 2.24) is 10.6 Å². The molecule has 0 unspecified atom stereocenters. The number of primary amides is 1. The first-order valence-corrected chi connectivity index (χ1v) is 10.5. The van der Waals surface area contributed by atoms with Gasteiger partial charge >= 0.3 is 0 Å². The van der Waals surface area contributed by atoms with Crippen molar-refractivity contribution in [2.24, 2.45) is 5.73 Å². The average molecular weight is 424 g/mol. The van der Waals surface area contributed by atoms with E-state index < -0.39 is 5.91 Å². The quantitative estimate of drug-likeness (QED) is 0.444. The zero-order chi connectivity index (χ0) is 20.4. The average Bonchev–Trinajstić information content (AvgIpc) is 3.29. The second-order valence-corrected chi connectivity index (χ2v) is 8.57. The van der Waals surface area contributed by atoms with Crippen molar-refractivity contribution in [3.05, 3.63) is 70.6 Å². The number of carbonyl (C=O) groups is 3. The van der Waals surface area contributed by atoms with Gasteiger partial charge in [-0.1, -0.05) is 30.3 Å². The number of rotatable bonds is 6. The summed E-state index contributed by atoms with van der Waals surface area (Å²) < 4.78 is 3.48. The summed E-state index contributed by atoms with van der Waals surface area (Å²) in [5, 5.41) is 6.53. The molecule has 0 aliphatic heterocycles. The van der Waals surface area contributed by atoms with Crippen LogP contribution in [0.15, 0.2) is 54.6 Å². The molecule has 0 aliphatic rings. The first kappa shape index (κ1) is 19.1. The molecule has 146 valence electrons. The molecule has 2 heterocycles. The molecule has 3 amide bonds. The number of nitrogens with one attached hydrogen (secondary N) is 2. The van der Waals surface area contributed by atoms with Gasteiger partial charge in [0, 0.05) is 26.9 Å². The standard InChI is InChI=1S/C21H17N3O3S2/c22-18(25)11-24-20(26)13-7-5-12(6-8-13)10-23-21(27)17-9-16-19(29-17)14-3-1-2-4-15(14)28-16/h1-9H,10-11H2,(H2,22,25)(H,23,27)(H,24,26). The van der Waals surface area contributed by atoms with Gasteiger partial charge in [-0.15, -0.1) is 22.7 Å². The van der Waals surface area contributed by atoms with Gasteiger partial charge in [0.25, 0.3) is 11.8 Å². The van der Waals surface area contributed by atoms with Crippen LogP contribution in [0.4, 0.5) is 0 Å². The van der Waals surface area contributed by atoms with Crippen LogP contribution in [0.3, 0.4) is 0 Å². The van der Waals surface area contributed by atoms with Crippen LogP contribution in [0.1, 0.15) is 25.6 Å². The van der Waals surface area contributed by atoms with Crippen molar-refractivity contribution in [3.63, 3.8) is 0 Å². The zero-order valence-electron chi connectivity index (χ0n) is 15.2. The lowest BCUT2D eigenvalue weighted by Crippen LogP contribution is -2.33. The minimum absolute atomic E-state index is 0.120. The first-order valence-electron chi connectivity index (χ1n) is 8.86. The Bertz CT molecular complexity index is 1230. The van der Waals surface area contributed by atoms with E-state index in [0.717, 1.165) is 15.0 Å². The Kier molecular flexibility index (Phi) is 5.28. The van der Waals surface area contributed by atoms with Gasteiger partial charge in [0.05, 0.1) is 16.1 Å². The molecule has 0 saturated carbocycles. The molecule has 0 saturated heterocycles. The third-order valence-electron chi connectivity index (χ3n) is 4.37. The third-order valence-corrected chi connectivity index (χ3v) is 6.78. The lowest BCUT2D eigenvalue weighted by atomic mass is 10.1.